The smallest absolute Gasteiger partial charge is 0.359 e. The number of hydrogen-bond acceptors (Lipinski definition) is 5. The zero-order valence-corrected chi connectivity index (χ0v) is 15.6. The van der Waals surface area contributed by atoms with Gasteiger partial charge in [-0.2, -0.15) is 10.4 Å². The number of nitrogens with zero attached hydrogens (tertiary/aromatic N) is 3. The van der Waals surface area contributed by atoms with E-state index in [9.17, 15) is 9.18 Å². The Morgan fingerprint density at radius 1 is 1.10 bits per heavy atom. The summed E-state index contributed by atoms with van der Waals surface area (Å²) in [7, 11) is 0. The van der Waals surface area contributed by atoms with E-state index in [0.29, 0.717) is 22.7 Å². The Bertz CT molecular complexity index is 1070. The maximum Gasteiger partial charge on any atom is 0.359 e. The van der Waals surface area contributed by atoms with Crippen molar-refractivity contribution >= 4 is 5.97 Å². The van der Waals surface area contributed by atoms with Gasteiger partial charge < -0.3 is 9.47 Å². The number of carbonyl (C=O) groups excluding carboxylic acids is 1. The van der Waals surface area contributed by atoms with Gasteiger partial charge in [-0.15, -0.1) is 0 Å². The molecule has 6 nitrogen and oxygen atoms in total. The second-order valence-corrected chi connectivity index (χ2v) is 6.64. The molecule has 0 unspecified atom stereocenters. The van der Waals surface area contributed by atoms with Crippen LogP contribution in [-0.4, -0.2) is 29.0 Å². The third-order valence-corrected chi connectivity index (χ3v) is 4.76. The van der Waals surface area contributed by atoms with Gasteiger partial charge in [0.1, 0.15) is 24.8 Å². The minimum atomic E-state index is -0.493. The first kappa shape index (κ1) is 18.7. The average Bonchev–Trinajstić information content (AvgIpc) is 3.35. The Kier molecular flexibility index (Phi) is 5.25. The van der Waals surface area contributed by atoms with Gasteiger partial charge in [-0.3, -0.25) is 0 Å². The van der Waals surface area contributed by atoms with Crippen LogP contribution in [0.2, 0.25) is 0 Å². The summed E-state index contributed by atoms with van der Waals surface area (Å²) in [6.07, 6.45) is 2.52. The summed E-state index contributed by atoms with van der Waals surface area (Å²) in [6, 6.07) is 14.8. The van der Waals surface area contributed by atoms with Crippen molar-refractivity contribution in [3.8, 4) is 17.5 Å². The molecule has 0 saturated carbocycles. The lowest BCUT2D eigenvalue weighted by Gasteiger charge is -2.07. The Labute approximate surface area is 167 Å². The highest BCUT2D eigenvalue weighted by molar-refractivity contribution is 5.89. The molecule has 7 heteroatoms. The molecule has 0 bridgehead atoms. The minimum Gasteiger partial charge on any atom is -0.490 e. The summed E-state index contributed by atoms with van der Waals surface area (Å²) in [5.41, 5.74) is 3.44. The predicted octanol–water partition coefficient (Wildman–Crippen LogP) is 3.61. The summed E-state index contributed by atoms with van der Waals surface area (Å²) >= 11 is 0. The predicted molar refractivity (Wildman–Crippen MR) is 102 cm³/mol. The summed E-state index contributed by atoms with van der Waals surface area (Å²) in [6.45, 7) is 0.273. The van der Waals surface area contributed by atoms with Crippen LogP contribution in [0.3, 0.4) is 0 Å². The van der Waals surface area contributed by atoms with E-state index < -0.39 is 5.97 Å². The van der Waals surface area contributed by atoms with Gasteiger partial charge >= 0.3 is 5.97 Å². The standard InChI is InChI=1S/C22H18FN3O3/c23-16-6-8-17(9-7-16)26-20-3-1-2-19(20)21(25-26)22(27)29-13-12-28-18-10-4-15(14-24)5-11-18/h4-11H,1-3,12-13H2. The maximum absolute atomic E-state index is 13.2. The summed E-state index contributed by atoms with van der Waals surface area (Å²) in [5, 5.41) is 13.2. The third kappa shape index (κ3) is 3.97. The molecule has 29 heavy (non-hydrogen) atoms. The first-order valence-corrected chi connectivity index (χ1v) is 9.32. The summed E-state index contributed by atoms with van der Waals surface area (Å²) < 4.78 is 25.8. The number of ether oxygens (including phenoxy) is 2. The van der Waals surface area contributed by atoms with Gasteiger partial charge in [0.2, 0.25) is 0 Å². The van der Waals surface area contributed by atoms with Crippen LogP contribution in [0.1, 0.15) is 33.7 Å². The fourth-order valence-corrected chi connectivity index (χ4v) is 3.39. The van der Waals surface area contributed by atoms with Crippen molar-refractivity contribution in [2.24, 2.45) is 0 Å². The monoisotopic (exact) mass is 391 g/mol. The number of nitriles is 1. The highest BCUT2D eigenvalue weighted by atomic mass is 19.1. The molecule has 1 aliphatic carbocycles. The molecule has 0 atom stereocenters. The number of halogens is 1. The first-order chi connectivity index (χ1) is 14.2. The molecule has 0 fully saturated rings. The molecule has 146 valence electrons. The summed E-state index contributed by atoms with van der Waals surface area (Å²) in [4.78, 5) is 12.5. The van der Waals surface area contributed by atoms with Crippen LogP contribution in [0, 0.1) is 17.1 Å². The van der Waals surface area contributed by atoms with Gasteiger partial charge in [0.25, 0.3) is 0 Å². The third-order valence-electron chi connectivity index (χ3n) is 4.76. The van der Waals surface area contributed by atoms with Gasteiger partial charge in [-0.05, 0) is 67.8 Å². The molecular weight excluding hydrogens is 373 g/mol. The lowest BCUT2D eigenvalue weighted by atomic mass is 10.2. The number of carbonyl (C=O) groups is 1. The van der Waals surface area contributed by atoms with Crippen molar-refractivity contribution in [3.63, 3.8) is 0 Å². The van der Waals surface area contributed by atoms with E-state index in [1.54, 1.807) is 41.1 Å². The molecule has 0 radical (unpaired) electrons. The number of benzene rings is 2. The van der Waals surface area contributed by atoms with Crippen LogP contribution in [0.25, 0.3) is 5.69 Å². The zero-order chi connectivity index (χ0) is 20.2. The van der Waals surface area contributed by atoms with Crippen LogP contribution in [0.5, 0.6) is 5.75 Å². The normalized spacial score (nSPS) is 12.3. The molecule has 0 aliphatic heterocycles. The van der Waals surface area contributed by atoms with Crippen LogP contribution >= 0.6 is 0 Å². The van der Waals surface area contributed by atoms with E-state index in [1.807, 2.05) is 6.07 Å². The lowest BCUT2D eigenvalue weighted by Crippen LogP contribution is -2.14. The number of hydrogen-bond donors (Lipinski definition) is 0. The lowest BCUT2D eigenvalue weighted by molar-refractivity contribution is 0.0442. The Balaban J connectivity index is 1.40. The SMILES string of the molecule is N#Cc1ccc(OCCOC(=O)c2nn(-c3ccc(F)cc3)c3c2CCC3)cc1. The number of rotatable bonds is 6. The van der Waals surface area contributed by atoms with Crippen molar-refractivity contribution in [2.45, 2.75) is 19.3 Å². The molecule has 0 amide bonds. The first-order valence-electron chi connectivity index (χ1n) is 9.32. The molecule has 0 saturated heterocycles. The number of fused-ring (bicyclic) bond motifs is 1. The van der Waals surface area contributed by atoms with Crippen molar-refractivity contribution < 1.29 is 18.7 Å². The van der Waals surface area contributed by atoms with E-state index in [4.69, 9.17) is 14.7 Å². The van der Waals surface area contributed by atoms with E-state index in [-0.39, 0.29) is 19.0 Å². The molecule has 0 N–H and O–H groups in total. The second kappa shape index (κ2) is 8.15. The van der Waals surface area contributed by atoms with Crippen molar-refractivity contribution in [1.82, 2.24) is 9.78 Å². The van der Waals surface area contributed by atoms with Crippen molar-refractivity contribution in [3.05, 3.63) is 76.9 Å². The second-order valence-electron chi connectivity index (χ2n) is 6.64. The highest BCUT2D eigenvalue weighted by Crippen LogP contribution is 2.28. The van der Waals surface area contributed by atoms with E-state index in [2.05, 4.69) is 5.10 Å². The van der Waals surface area contributed by atoms with E-state index in [0.717, 1.165) is 30.5 Å². The largest absolute Gasteiger partial charge is 0.490 e. The number of aromatic nitrogens is 2. The van der Waals surface area contributed by atoms with E-state index in [1.165, 1.54) is 12.1 Å². The topological polar surface area (TPSA) is 77.1 Å². The Hall–Kier alpha value is -3.66. The summed E-state index contributed by atoms with van der Waals surface area (Å²) in [5.74, 6) is -0.214. The van der Waals surface area contributed by atoms with E-state index >= 15 is 0 Å². The van der Waals surface area contributed by atoms with Crippen LogP contribution in [-0.2, 0) is 17.6 Å². The van der Waals surface area contributed by atoms with Gasteiger partial charge in [0.05, 0.1) is 17.3 Å². The quantitative estimate of drug-likeness (QED) is 0.474. The maximum atomic E-state index is 13.2. The molecular formula is C22H18FN3O3. The van der Waals surface area contributed by atoms with Crippen LogP contribution in [0.15, 0.2) is 48.5 Å². The van der Waals surface area contributed by atoms with Gasteiger partial charge in [0.15, 0.2) is 5.69 Å². The van der Waals surface area contributed by atoms with Crippen molar-refractivity contribution in [2.75, 3.05) is 13.2 Å². The Morgan fingerprint density at radius 2 is 1.86 bits per heavy atom. The molecule has 1 heterocycles. The fraction of sp³-hybridized carbons (Fsp3) is 0.227. The fourth-order valence-electron chi connectivity index (χ4n) is 3.39. The van der Waals surface area contributed by atoms with Crippen LogP contribution in [0.4, 0.5) is 4.39 Å². The van der Waals surface area contributed by atoms with Gasteiger partial charge in [-0.1, -0.05) is 0 Å². The average molecular weight is 391 g/mol. The van der Waals surface area contributed by atoms with Gasteiger partial charge in [0, 0.05) is 11.3 Å². The van der Waals surface area contributed by atoms with Gasteiger partial charge in [-0.25, -0.2) is 13.9 Å². The molecule has 0 spiro atoms. The zero-order valence-electron chi connectivity index (χ0n) is 15.6. The molecule has 3 aromatic rings. The Morgan fingerprint density at radius 3 is 2.59 bits per heavy atom. The molecule has 4 rings (SSSR count). The minimum absolute atomic E-state index is 0.0804. The highest BCUT2D eigenvalue weighted by Gasteiger charge is 2.27. The van der Waals surface area contributed by atoms with Crippen molar-refractivity contribution in [1.29, 1.82) is 5.26 Å². The molecule has 2 aromatic carbocycles. The number of esters is 1. The molecule has 1 aliphatic rings. The van der Waals surface area contributed by atoms with Crippen LogP contribution < -0.4 is 4.74 Å². The molecule has 1 aromatic heterocycles.